The number of nitrogen functional groups attached to an aromatic ring is 1. The summed E-state index contributed by atoms with van der Waals surface area (Å²) in [5, 5.41) is 0. The molecule has 0 amide bonds. The minimum Gasteiger partial charge on any atom is -0.473 e. The van der Waals surface area contributed by atoms with E-state index in [0.29, 0.717) is 11.6 Å². The molecule has 3 unspecified atom stereocenters. The summed E-state index contributed by atoms with van der Waals surface area (Å²) < 4.78 is 5.95. The van der Waals surface area contributed by atoms with Crippen molar-refractivity contribution in [3.8, 4) is 5.88 Å². The van der Waals surface area contributed by atoms with Gasteiger partial charge in [0.25, 0.3) is 0 Å². The quantitative estimate of drug-likeness (QED) is 0.855. The van der Waals surface area contributed by atoms with E-state index in [1.54, 1.807) is 0 Å². The minimum atomic E-state index is 0.276. The summed E-state index contributed by atoms with van der Waals surface area (Å²) in [7, 11) is 0. The SMILES string of the molecule is Cc1ccc(N)c(OC2CCC(C)C(C)C2)n1. The largest absolute Gasteiger partial charge is 0.473 e. The second-order valence-corrected chi connectivity index (χ2v) is 5.35. The van der Waals surface area contributed by atoms with Gasteiger partial charge in [-0.2, -0.15) is 0 Å². The van der Waals surface area contributed by atoms with Crippen LogP contribution in [0.25, 0.3) is 0 Å². The summed E-state index contributed by atoms with van der Waals surface area (Å²) in [4.78, 5) is 4.36. The Bertz CT molecular complexity index is 392. The molecule has 94 valence electrons. The molecule has 3 atom stereocenters. The van der Waals surface area contributed by atoms with Crippen LogP contribution in [0.4, 0.5) is 5.69 Å². The number of aryl methyl sites for hydroxylation is 1. The molecule has 0 aromatic carbocycles. The fraction of sp³-hybridized carbons (Fsp3) is 0.643. The third kappa shape index (κ3) is 2.90. The lowest BCUT2D eigenvalue weighted by molar-refractivity contribution is 0.0971. The van der Waals surface area contributed by atoms with Crippen molar-refractivity contribution in [1.82, 2.24) is 4.98 Å². The fourth-order valence-electron chi connectivity index (χ4n) is 2.40. The monoisotopic (exact) mass is 234 g/mol. The Morgan fingerprint density at radius 1 is 1.24 bits per heavy atom. The van der Waals surface area contributed by atoms with Crippen LogP contribution in [0.3, 0.4) is 0 Å². The Morgan fingerprint density at radius 2 is 2.00 bits per heavy atom. The highest BCUT2D eigenvalue weighted by Crippen LogP contribution is 2.32. The highest BCUT2D eigenvalue weighted by molar-refractivity contribution is 5.48. The van der Waals surface area contributed by atoms with Crippen molar-refractivity contribution in [2.75, 3.05) is 5.73 Å². The molecule has 0 bridgehead atoms. The maximum absolute atomic E-state index is 5.95. The maximum Gasteiger partial charge on any atom is 0.237 e. The average molecular weight is 234 g/mol. The van der Waals surface area contributed by atoms with E-state index in [4.69, 9.17) is 10.5 Å². The standard InChI is InChI=1S/C14H22N2O/c1-9-4-6-12(8-10(9)2)17-14-13(15)7-5-11(3)16-14/h5,7,9-10,12H,4,6,8,15H2,1-3H3. The number of rotatable bonds is 2. The molecule has 0 saturated heterocycles. The normalized spacial score (nSPS) is 29.0. The van der Waals surface area contributed by atoms with Crippen LogP contribution in [0, 0.1) is 18.8 Å². The zero-order chi connectivity index (χ0) is 12.4. The van der Waals surface area contributed by atoms with Gasteiger partial charge in [-0.05, 0) is 50.2 Å². The molecule has 1 heterocycles. The van der Waals surface area contributed by atoms with Crippen LogP contribution < -0.4 is 10.5 Å². The summed E-state index contributed by atoms with van der Waals surface area (Å²) in [6.45, 7) is 6.57. The second kappa shape index (κ2) is 4.94. The number of pyridine rings is 1. The third-order valence-electron chi connectivity index (χ3n) is 3.86. The van der Waals surface area contributed by atoms with Crippen LogP contribution in [0.1, 0.15) is 38.8 Å². The number of nitrogens with two attached hydrogens (primary N) is 1. The highest BCUT2D eigenvalue weighted by atomic mass is 16.5. The summed E-state index contributed by atoms with van der Waals surface area (Å²) in [5.41, 5.74) is 7.47. The molecular weight excluding hydrogens is 212 g/mol. The zero-order valence-corrected chi connectivity index (χ0v) is 10.9. The van der Waals surface area contributed by atoms with E-state index < -0.39 is 0 Å². The van der Waals surface area contributed by atoms with Crippen molar-refractivity contribution in [2.24, 2.45) is 11.8 Å². The number of anilines is 1. The number of hydrogen-bond acceptors (Lipinski definition) is 3. The van der Waals surface area contributed by atoms with E-state index in [0.717, 1.165) is 30.4 Å². The summed E-state index contributed by atoms with van der Waals surface area (Å²) >= 11 is 0. The van der Waals surface area contributed by atoms with Gasteiger partial charge in [-0.1, -0.05) is 13.8 Å². The Balaban J connectivity index is 2.03. The predicted octanol–water partition coefficient (Wildman–Crippen LogP) is 3.18. The van der Waals surface area contributed by atoms with Crippen molar-refractivity contribution in [1.29, 1.82) is 0 Å². The Morgan fingerprint density at radius 3 is 2.71 bits per heavy atom. The van der Waals surface area contributed by atoms with E-state index in [-0.39, 0.29) is 6.10 Å². The van der Waals surface area contributed by atoms with Crippen LogP contribution in [0.2, 0.25) is 0 Å². The van der Waals surface area contributed by atoms with Crippen molar-refractivity contribution >= 4 is 5.69 Å². The Kier molecular flexibility index (Phi) is 3.55. The molecule has 1 aromatic rings. The van der Waals surface area contributed by atoms with Gasteiger partial charge in [0.2, 0.25) is 5.88 Å². The van der Waals surface area contributed by atoms with Crippen molar-refractivity contribution in [3.63, 3.8) is 0 Å². The van der Waals surface area contributed by atoms with Gasteiger partial charge in [0, 0.05) is 5.69 Å². The summed E-state index contributed by atoms with van der Waals surface area (Å²) in [6, 6.07) is 3.78. The van der Waals surface area contributed by atoms with Gasteiger partial charge < -0.3 is 10.5 Å². The second-order valence-electron chi connectivity index (χ2n) is 5.35. The molecule has 1 fully saturated rings. The van der Waals surface area contributed by atoms with Crippen LogP contribution in [-0.2, 0) is 0 Å². The van der Waals surface area contributed by atoms with Gasteiger partial charge in [0.05, 0.1) is 5.69 Å². The van der Waals surface area contributed by atoms with Gasteiger partial charge in [0.15, 0.2) is 0 Å². The molecule has 0 aliphatic heterocycles. The molecule has 3 heteroatoms. The van der Waals surface area contributed by atoms with Gasteiger partial charge in [-0.15, -0.1) is 0 Å². The van der Waals surface area contributed by atoms with E-state index in [1.165, 1.54) is 6.42 Å². The zero-order valence-electron chi connectivity index (χ0n) is 10.9. The first-order chi connectivity index (χ1) is 8.06. The molecule has 0 radical (unpaired) electrons. The molecule has 1 aliphatic rings. The van der Waals surface area contributed by atoms with E-state index in [9.17, 15) is 0 Å². The van der Waals surface area contributed by atoms with Crippen molar-refractivity contribution in [2.45, 2.75) is 46.1 Å². The topological polar surface area (TPSA) is 48.1 Å². The van der Waals surface area contributed by atoms with Gasteiger partial charge in [-0.25, -0.2) is 4.98 Å². The van der Waals surface area contributed by atoms with Crippen LogP contribution in [0.15, 0.2) is 12.1 Å². The Hall–Kier alpha value is -1.25. The molecule has 1 saturated carbocycles. The molecule has 1 aromatic heterocycles. The number of nitrogens with zero attached hydrogens (tertiary/aromatic N) is 1. The molecule has 0 spiro atoms. The van der Waals surface area contributed by atoms with E-state index >= 15 is 0 Å². The first-order valence-corrected chi connectivity index (χ1v) is 6.46. The average Bonchev–Trinajstić information content (AvgIpc) is 2.29. The van der Waals surface area contributed by atoms with Crippen LogP contribution in [-0.4, -0.2) is 11.1 Å². The summed E-state index contributed by atoms with van der Waals surface area (Å²) in [5.74, 6) is 2.13. The third-order valence-corrected chi connectivity index (χ3v) is 3.86. The summed E-state index contributed by atoms with van der Waals surface area (Å²) in [6.07, 6.45) is 3.73. The lowest BCUT2D eigenvalue weighted by Gasteiger charge is -2.32. The van der Waals surface area contributed by atoms with Gasteiger partial charge in [-0.3, -0.25) is 0 Å². The molecule has 2 rings (SSSR count). The first-order valence-electron chi connectivity index (χ1n) is 6.46. The molecule has 1 aliphatic carbocycles. The van der Waals surface area contributed by atoms with Crippen molar-refractivity contribution in [3.05, 3.63) is 17.8 Å². The minimum absolute atomic E-state index is 0.276. The number of ether oxygens (including phenoxy) is 1. The smallest absolute Gasteiger partial charge is 0.237 e. The lowest BCUT2D eigenvalue weighted by Crippen LogP contribution is -2.29. The van der Waals surface area contributed by atoms with Gasteiger partial charge in [0.1, 0.15) is 6.10 Å². The molecule has 17 heavy (non-hydrogen) atoms. The van der Waals surface area contributed by atoms with E-state index in [2.05, 4.69) is 18.8 Å². The highest BCUT2D eigenvalue weighted by Gasteiger charge is 2.26. The predicted molar refractivity (Wildman–Crippen MR) is 70.0 cm³/mol. The molecular formula is C14H22N2O. The van der Waals surface area contributed by atoms with Crippen LogP contribution in [0.5, 0.6) is 5.88 Å². The Labute approximate surface area is 103 Å². The number of aromatic nitrogens is 1. The van der Waals surface area contributed by atoms with Crippen LogP contribution >= 0.6 is 0 Å². The molecule has 2 N–H and O–H groups in total. The lowest BCUT2D eigenvalue weighted by atomic mass is 9.80. The maximum atomic E-state index is 5.95. The first kappa shape index (κ1) is 12.2. The van der Waals surface area contributed by atoms with Crippen molar-refractivity contribution < 1.29 is 4.74 Å². The number of hydrogen-bond donors (Lipinski definition) is 1. The fourth-order valence-corrected chi connectivity index (χ4v) is 2.40. The van der Waals surface area contributed by atoms with E-state index in [1.807, 2.05) is 19.1 Å². The molecule has 3 nitrogen and oxygen atoms in total. The van der Waals surface area contributed by atoms with Gasteiger partial charge >= 0.3 is 0 Å².